The number of hydrogen-bond donors (Lipinski definition) is 0. The maximum Gasteiger partial charge on any atom is 0.224 e. The number of nitrogens with zero attached hydrogens (tertiary/aromatic N) is 1. The fraction of sp³-hybridized carbons (Fsp3) is 0. The largest absolute Gasteiger partial charge is 0.286 e. The lowest BCUT2D eigenvalue weighted by Gasteiger charge is -2.00. The Morgan fingerprint density at radius 3 is 2.93 bits per heavy atom. The van der Waals surface area contributed by atoms with Crippen LogP contribution in [0, 0.1) is 5.82 Å². The summed E-state index contributed by atoms with van der Waals surface area (Å²) in [6.07, 6.45) is 1.52. The molecule has 0 amide bonds. The highest BCUT2D eigenvalue weighted by molar-refractivity contribution is 9.10. The Kier molecular flexibility index (Phi) is 2.93. The van der Waals surface area contributed by atoms with Gasteiger partial charge >= 0.3 is 0 Å². The molecule has 0 aliphatic rings. The number of benzene rings is 1. The van der Waals surface area contributed by atoms with Crippen LogP contribution in [-0.2, 0) is 0 Å². The van der Waals surface area contributed by atoms with E-state index in [1.54, 1.807) is 17.5 Å². The van der Waals surface area contributed by atoms with Gasteiger partial charge in [-0.2, -0.15) is 0 Å². The summed E-state index contributed by atoms with van der Waals surface area (Å²) in [5.74, 6) is -0.929. The number of hydrogen-bond acceptors (Lipinski definition) is 3. The monoisotopic (exact) mass is 285 g/mol. The van der Waals surface area contributed by atoms with Gasteiger partial charge < -0.3 is 0 Å². The van der Waals surface area contributed by atoms with Gasteiger partial charge in [0.2, 0.25) is 5.78 Å². The molecular weight excluding hydrogens is 281 g/mol. The summed E-state index contributed by atoms with van der Waals surface area (Å²) in [5.41, 5.74) is 0.0410. The Morgan fingerprint density at radius 1 is 1.47 bits per heavy atom. The Bertz CT molecular complexity index is 498. The molecule has 0 unspecified atom stereocenters. The highest BCUT2D eigenvalue weighted by atomic mass is 79.9. The molecule has 0 atom stereocenters. The Labute approximate surface area is 97.9 Å². The first-order chi connectivity index (χ1) is 7.20. The van der Waals surface area contributed by atoms with E-state index >= 15 is 0 Å². The van der Waals surface area contributed by atoms with Gasteiger partial charge in [-0.3, -0.25) is 4.79 Å². The fourth-order valence-corrected chi connectivity index (χ4v) is 2.09. The van der Waals surface area contributed by atoms with E-state index in [0.717, 1.165) is 0 Å². The molecule has 2 aromatic rings. The summed E-state index contributed by atoms with van der Waals surface area (Å²) >= 11 is 4.23. The maximum absolute atomic E-state index is 13.6. The van der Waals surface area contributed by atoms with Gasteiger partial charge in [-0.1, -0.05) is 6.07 Å². The summed E-state index contributed by atoms with van der Waals surface area (Å²) in [4.78, 5) is 15.6. The van der Waals surface area contributed by atoms with E-state index in [4.69, 9.17) is 0 Å². The van der Waals surface area contributed by atoms with Gasteiger partial charge in [0.25, 0.3) is 0 Å². The number of ketones is 1. The zero-order valence-corrected chi connectivity index (χ0v) is 9.81. The molecule has 1 aromatic heterocycles. The van der Waals surface area contributed by atoms with Crippen molar-refractivity contribution in [2.45, 2.75) is 0 Å². The molecule has 76 valence electrons. The van der Waals surface area contributed by atoms with Crippen molar-refractivity contribution >= 4 is 33.0 Å². The van der Waals surface area contributed by atoms with Gasteiger partial charge in [-0.25, -0.2) is 9.37 Å². The van der Waals surface area contributed by atoms with Gasteiger partial charge in [0.1, 0.15) is 5.82 Å². The lowest BCUT2D eigenvalue weighted by atomic mass is 10.1. The van der Waals surface area contributed by atoms with Gasteiger partial charge in [0.05, 0.1) is 10.0 Å². The molecule has 0 saturated heterocycles. The van der Waals surface area contributed by atoms with Crippen molar-refractivity contribution in [1.82, 2.24) is 4.98 Å². The van der Waals surface area contributed by atoms with Crippen LogP contribution in [0.2, 0.25) is 0 Å². The summed E-state index contributed by atoms with van der Waals surface area (Å²) in [6, 6.07) is 4.62. The molecular formula is C10H5BrFNOS. The van der Waals surface area contributed by atoms with Gasteiger partial charge in [0.15, 0.2) is 5.01 Å². The Hall–Kier alpha value is -1.07. The summed E-state index contributed by atoms with van der Waals surface area (Å²) < 4.78 is 13.8. The van der Waals surface area contributed by atoms with E-state index in [1.165, 1.54) is 23.6 Å². The molecule has 2 nitrogen and oxygen atoms in total. The standard InChI is InChI=1S/C10H5BrFNOS/c11-7-3-1-2-6(8(7)12)9(14)10-13-4-5-15-10/h1-5H. The molecule has 1 aromatic carbocycles. The molecule has 2 rings (SSSR count). The van der Waals surface area contributed by atoms with Crippen LogP contribution in [0.25, 0.3) is 0 Å². The number of halogens is 2. The second-order valence-electron chi connectivity index (χ2n) is 2.77. The van der Waals surface area contributed by atoms with Crippen LogP contribution in [-0.4, -0.2) is 10.8 Å². The molecule has 0 aliphatic carbocycles. The van der Waals surface area contributed by atoms with Crippen molar-refractivity contribution < 1.29 is 9.18 Å². The summed E-state index contributed by atoms with van der Waals surface area (Å²) in [6.45, 7) is 0. The third kappa shape index (κ3) is 1.98. The molecule has 15 heavy (non-hydrogen) atoms. The smallest absolute Gasteiger partial charge is 0.224 e. The van der Waals surface area contributed by atoms with Crippen LogP contribution >= 0.6 is 27.3 Å². The van der Waals surface area contributed by atoms with E-state index < -0.39 is 5.82 Å². The van der Waals surface area contributed by atoms with Crippen LogP contribution in [0.1, 0.15) is 15.4 Å². The fourth-order valence-electron chi connectivity index (χ4n) is 1.13. The highest BCUT2D eigenvalue weighted by Gasteiger charge is 2.17. The second kappa shape index (κ2) is 4.20. The van der Waals surface area contributed by atoms with E-state index in [0.29, 0.717) is 5.01 Å². The lowest BCUT2D eigenvalue weighted by molar-refractivity contribution is 0.103. The number of thiazole rings is 1. The molecule has 5 heteroatoms. The molecule has 0 bridgehead atoms. The van der Waals surface area contributed by atoms with E-state index in [2.05, 4.69) is 20.9 Å². The van der Waals surface area contributed by atoms with Gasteiger partial charge in [-0.05, 0) is 28.1 Å². The van der Waals surface area contributed by atoms with Crippen LogP contribution in [0.15, 0.2) is 34.2 Å². The molecule has 0 saturated carbocycles. The summed E-state index contributed by atoms with van der Waals surface area (Å²) in [7, 11) is 0. The zero-order valence-electron chi connectivity index (χ0n) is 7.41. The SMILES string of the molecule is O=C(c1nccs1)c1cccc(Br)c1F. The summed E-state index contributed by atoms with van der Waals surface area (Å²) in [5, 5.41) is 1.98. The first-order valence-corrected chi connectivity index (χ1v) is 5.75. The normalized spacial score (nSPS) is 10.3. The average Bonchev–Trinajstić information content (AvgIpc) is 2.74. The van der Waals surface area contributed by atoms with Crippen molar-refractivity contribution in [3.8, 4) is 0 Å². The molecule has 0 aliphatic heterocycles. The second-order valence-corrected chi connectivity index (χ2v) is 4.52. The number of carbonyl (C=O) groups is 1. The predicted molar refractivity (Wildman–Crippen MR) is 59.6 cm³/mol. The van der Waals surface area contributed by atoms with Crippen LogP contribution in [0.5, 0.6) is 0 Å². The predicted octanol–water partition coefficient (Wildman–Crippen LogP) is 3.28. The molecule has 0 spiro atoms. The minimum absolute atomic E-state index is 0.0410. The first-order valence-electron chi connectivity index (χ1n) is 4.08. The van der Waals surface area contributed by atoms with Crippen molar-refractivity contribution in [3.63, 3.8) is 0 Å². The number of rotatable bonds is 2. The van der Waals surface area contributed by atoms with Gasteiger partial charge in [-0.15, -0.1) is 11.3 Å². The highest BCUT2D eigenvalue weighted by Crippen LogP contribution is 2.21. The van der Waals surface area contributed by atoms with E-state index in [9.17, 15) is 9.18 Å². The topological polar surface area (TPSA) is 30.0 Å². The first kappa shape index (κ1) is 10.4. The average molecular weight is 286 g/mol. The van der Waals surface area contributed by atoms with Crippen molar-refractivity contribution in [2.24, 2.45) is 0 Å². The molecule has 0 fully saturated rings. The van der Waals surface area contributed by atoms with Crippen LogP contribution < -0.4 is 0 Å². The number of carbonyl (C=O) groups excluding carboxylic acids is 1. The third-order valence-corrected chi connectivity index (χ3v) is 3.21. The Morgan fingerprint density at radius 2 is 2.27 bits per heavy atom. The van der Waals surface area contributed by atoms with Crippen LogP contribution in [0.4, 0.5) is 4.39 Å². The van der Waals surface area contributed by atoms with E-state index in [-0.39, 0.29) is 15.8 Å². The zero-order chi connectivity index (χ0) is 10.8. The lowest BCUT2D eigenvalue weighted by Crippen LogP contribution is -2.03. The van der Waals surface area contributed by atoms with E-state index in [1.807, 2.05) is 0 Å². The minimum atomic E-state index is -0.544. The van der Waals surface area contributed by atoms with Crippen molar-refractivity contribution in [2.75, 3.05) is 0 Å². The van der Waals surface area contributed by atoms with Crippen LogP contribution in [0.3, 0.4) is 0 Å². The Balaban J connectivity index is 2.47. The van der Waals surface area contributed by atoms with Crippen molar-refractivity contribution in [1.29, 1.82) is 0 Å². The molecule has 0 N–H and O–H groups in total. The van der Waals surface area contributed by atoms with Gasteiger partial charge in [0, 0.05) is 11.6 Å². The third-order valence-electron chi connectivity index (χ3n) is 1.82. The van der Waals surface area contributed by atoms with Crippen molar-refractivity contribution in [3.05, 3.63) is 50.6 Å². The molecule has 0 radical (unpaired) electrons. The number of aromatic nitrogens is 1. The maximum atomic E-state index is 13.6. The minimum Gasteiger partial charge on any atom is -0.286 e. The molecule has 1 heterocycles. The quantitative estimate of drug-likeness (QED) is 0.793.